The van der Waals surface area contributed by atoms with Gasteiger partial charge in [-0.05, 0) is 82.9 Å². The molecule has 3 aromatic rings. The summed E-state index contributed by atoms with van der Waals surface area (Å²) >= 11 is 0. The Bertz CT molecular complexity index is 1260. The van der Waals surface area contributed by atoms with Crippen LogP contribution in [0.25, 0.3) is 17.0 Å². The number of aromatic nitrogens is 4. The maximum absolute atomic E-state index is 13.7. The predicted octanol–water partition coefficient (Wildman–Crippen LogP) is 4.43. The SMILES string of the molecule is Cc1ccc2nc(-n3[nH]c(C4CCN(C(=O)OC(C)C)CC4)c(CCC4CCOCC4)c3=O)[nH]c2c1. The number of rotatable bonds is 6. The second kappa shape index (κ2) is 10.5. The van der Waals surface area contributed by atoms with Gasteiger partial charge in [-0.25, -0.2) is 9.78 Å². The highest BCUT2D eigenvalue weighted by Crippen LogP contribution is 2.31. The van der Waals surface area contributed by atoms with E-state index >= 15 is 0 Å². The van der Waals surface area contributed by atoms with Gasteiger partial charge in [0.1, 0.15) is 0 Å². The van der Waals surface area contributed by atoms with Crippen molar-refractivity contribution in [3.05, 3.63) is 45.4 Å². The van der Waals surface area contributed by atoms with E-state index in [-0.39, 0.29) is 23.7 Å². The van der Waals surface area contributed by atoms with Gasteiger partial charge in [0.2, 0.25) is 5.95 Å². The molecule has 2 saturated heterocycles. The molecule has 0 aliphatic carbocycles. The number of H-pyrrole nitrogens is 2. The van der Waals surface area contributed by atoms with Gasteiger partial charge in [-0.3, -0.25) is 9.89 Å². The molecule has 194 valence electrons. The van der Waals surface area contributed by atoms with Crippen LogP contribution in [0.4, 0.5) is 4.79 Å². The molecule has 1 aromatic carbocycles. The molecule has 4 heterocycles. The van der Waals surface area contributed by atoms with E-state index in [0.717, 1.165) is 79.6 Å². The fraction of sp³-hybridized carbons (Fsp3) is 0.593. The lowest BCUT2D eigenvalue weighted by atomic mass is 9.88. The summed E-state index contributed by atoms with van der Waals surface area (Å²) in [6.45, 7) is 8.61. The second-order valence-corrected chi connectivity index (χ2v) is 10.5. The van der Waals surface area contributed by atoms with Crippen molar-refractivity contribution in [3.63, 3.8) is 0 Å². The lowest BCUT2D eigenvalue weighted by Crippen LogP contribution is -2.39. The van der Waals surface area contributed by atoms with Gasteiger partial charge in [-0.15, -0.1) is 0 Å². The van der Waals surface area contributed by atoms with Gasteiger partial charge in [0.25, 0.3) is 5.56 Å². The summed E-state index contributed by atoms with van der Waals surface area (Å²) in [5, 5.41) is 3.43. The number of imidazole rings is 1. The van der Waals surface area contributed by atoms with Crippen LogP contribution in [0.3, 0.4) is 0 Å². The summed E-state index contributed by atoms with van der Waals surface area (Å²) in [4.78, 5) is 35.9. The van der Waals surface area contributed by atoms with Gasteiger partial charge in [0.05, 0.1) is 17.1 Å². The number of aromatic amines is 2. The highest BCUT2D eigenvalue weighted by Gasteiger charge is 2.30. The third kappa shape index (κ3) is 5.21. The average molecular weight is 496 g/mol. The number of likely N-dealkylation sites (tertiary alicyclic amines) is 1. The first-order valence-electron chi connectivity index (χ1n) is 13.2. The maximum atomic E-state index is 13.7. The summed E-state index contributed by atoms with van der Waals surface area (Å²) in [6.07, 6.45) is 4.99. The molecule has 0 spiro atoms. The molecule has 0 atom stereocenters. The fourth-order valence-electron chi connectivity index (χ4n) is 5.44. The Morgan fingerprint density at radius 2 is 1.94 bits per heavy atom. The maximum Gasteiger partial charge on any atom is 0.410 e. The van der Waals surface area contributed by atoms with E-state index in [1.807, 2.05) is 39.0 Å². The molecular weight excluding hydrogens is 458 g/mol. The zero-order chi connectivity index (χ0) is 25.2. The molecule has 0 radical (unpaired) electrons. The van der Waals surface area contributed by atoms with E-state index in [9.17, 15) is 9.59 Å². The van der Waals surface area contributed by atoms with Crippen molar-refractivity contribution in [1.29, 1.82) is 0 Å². The smallest absolute Gasteiger partial charge is 0.410 e. The Labute approximate surface area is 211 Å². The van der Waals surface area contributed by atoms with Crippen LogP contribution in [0.2, 0.25) is 0 Å². The number of ether oxygens (including phenoxy) is 2. The molecule has 9 heteroatoms. The number of amides is 1. The van der Waals surface area contributed by atoms with Crippen molar-refractivity contribution in [2.24, 2.45) is 5.92 Å². The van der Waals surface area contributed by atoms with Gasteiger partial charge >= 0.3 is 6.09 Å². The highest BCUT2D eigenvalue weighted by atomic mass is 16.6. The van der Waals surface area contributed by atoms with Gasteiger partial charge in [-0.2, -0.15) is 4.68 Å². The Balaban J connectivity index is 1.42. The zero-order valence-electron chi connectivity index (χ0n) is 21.5. The molecule has 0 bridgehead atoms. The third-order valence-electron chi connectivity index (χ3n) is 7.50. The average Bonchev–Trinajstić information content (AvgIpc) is 3.43. The summed E-state index contributed by atoms with van der Waals surface area (Å²) in [5.74, 6) is 1.27. The molecule has 2 N–H and O–H groups in total. The van der Waals surface area contributed by atoms with Crippen molar-refractivity contribution >= 4 is 17.1 Å². The largest absolute Gasteiger partial charge is 0.447 e. The molecule has 2 aliphatic rings. The molecule has 1 amide bonds. The van der Waals surface area contributed by atoms with Crippen LogP contribution in [0, 0.1) is 12.8 Å². The lowest BCUT2D eigenvalue weighted by Gasteiger charge is -2.31. The van der Waals surface area contributed by atoms with Crippen molar-refractivity contribution in [3.8, 4) is 5.95 Å². The number of nitrogens with zero attached hydrogens (tertiary/aromatic N) is 3. The first kappa shape index (κ1) is 24.6. The van der Waals surface area contributed by atoms with Gasteiger partial charge < -0.3 is 19.4 Å². The number of aryl methyl sites for hydroxylation is 1. The standard InChI is InChI=1S/C27H37N5O4/c1-17(2)36-27(34)31-12-8-20(9-13-31)24-21(6-5-19-10-14-35-15-11-19)25(33)32(30-24)26-28-22-7-4-18(3)16-23(22)29-26/h4,7,16-17,19-20,30H,5-6,8-15H2,1-3H3,(H,28,29). The van der Waals surface area contributed by atoms with Crippen molar-refractivity contribution in [2.45, 2.75) is 71.3 Å². The fourth-order valence-corrected chi connectivity index (χ4v) is 5.44. The van der Waals surface area contributed by atoms with E-state index in [1.165, 1.54) is 0 Å². The molecule has 36 heavy (non-hydrogen) atoms. The number of hydrogen-bond acceptors (Lipinski definition) is 5. The van der Waals surface area contributed by atoms with Gasteiger partial charge in [0.15, 0.2) is 0 Å². The quantitative estimate of drug-likeness (QED) is 0.526. The molecule has 2 aromatic heterocycles. The molecule has 2 fully saturated rings. The molecule has 0 saturated carbocycles. The minimum absolute atomic E-state index is 0.0329. The van der Waals surface area contributed by atoms with Crippen LogP contribution in [0.1, 0.15) is 68.7 Å². The van der Waals surface area contributed by atoms with Crippen LogP contribution in [0.5, 0.6) is 0 Å². The number of hydrogen-bond donors (Lipinski definition) is 2. The van der Waals surface area contributed by atoms with E-state index < -0.39 is 0 Å². The summed E-state index contributed by atoms with van der Waals surface area (Å²) in [6, 6.07) is 6.03. The Hall–Kier alpha value is -3.07. The summed E-state index contributed by atoms with van der Waals surface area (Å²) in [7, 11) is 0. The number of fused-ring (bicyclic) bond motifs is 1. The van der Waals surface area contributed by atoms with E-state index in [4.69, 9.17) is 9.47 Å². The van der Waals surface area contributed by atoms with E-state index in [1.54, 1.807) is 9.58 Å². The zero-order valence-corrected chi connectivity index (χ0v) is 21.5. The second-order valence-electron chi connectivity index (χ2n) is 10.5. The molecule has 5 rings (SSSR count). The van der Waals surface area contributed by atoms with Crippen LogP contribution in [-0.4, -0.2) is 63.1 Å². The Morgan fingerprint density at radius 3 is 2.67 bits per heavy atom. The minimum Gasteiger partial charge on any atom is -0.447 e. The molecule has 9 nitrogen and oxygen atoms in total. The number of nitrogens with one attached hydrogen (secondary N) is 2. The molecule has 0 unspecified atom stereocenters. The number of carbonyl (C=O) groups excluding carboxylic acids is 1. The van der Waals surface area contributed by atoms with Crippen molar-refractivity contribution in [2.75, 3.05) is 26.3 Å². The van der Waals surface area contributed by atoms with Crippen LogP contribution in [-0.2, 0) is 15.9 Å². The van der Waals surface area contributed by atoms with Gasteiger partial charge in [0, 0.05) is 43.5 Å². The number of piperidine rings is 1. The molecule has 2 aliphatic heterocycles. The third-order valence-corrected chi connectivity index (χ3v) is 7.50. The monoisotopic (exact) mass is 495 g/mol. The Morgan fingerprint density at radius 1 is 1.19 bits per heavy atom. The first-order chi connectivity index (χ1) is 17.4. The lowest BCUT2D eigenvalue weighted by molar-refractivity contribution is 0.0638. The summed E-state index contributed by atoms with van der Waals surface area (Å²) < 4.78 is 12.5. The van der Waals surface area contributed by atoms with Crippen molar-refractivity contribution in [1.82, 2.24) is 24.6 Å². The van der Waals surface area contributed by atoms with E-state index in [0.29, 0.717) is 25.0 Å². The minimum atomic E-state index is -0.258. The first-order valence-corrected chi connectivity index (χ1v) is 13.2. The Kier molecular flexibility index (Phi) is 7.18. The van der Waals surface area contributed by atoms with Crippen molar-refractivity contribution < 1.29 is 14.3 Å². The number of benzene rings is 1. The van der Waals surface area contributed by atoms with Crippen LogP contribution < -0.4 is 5.56 Å². The number of carbonyl (C=O) groups is 1. The van der Waals surface area contributed by atoms with Crippen LogP contribution in [0.15, 0.2) is 23.0 Å². The molecular formula is C27H37N5O4. The van der Waals surface area contributed by atoms with Crippen LogP contribution >= 0.6 is 0 Å². The summed E-state index contributed by atoms with van der Waals surface area (Å²) in [5.41, 5.74) is 4.68. The topological polar surface area (TPSA) is 105 Å². The van der Waals surface area contributed by atoms with Gasteiger partial charge in [-0.1, -0.05) is 6.07 Å². The normalized spacial score (nSPS) is 17.8. The predicted molar refractivity (Wildman–Crippen MR) is 138 cm³/mol. The highest BCUT2D eigenvalue weighted by molar-refractivity contribution is 5.77. The van der Waals surface area contributed by atoms with E-state index in [2.05, 4.69) is 15.1 Å².